The predicted octanol–water partition coefficient (Wildman–Crippen LogP) is 3.96. The third-order valence-corrected chi connectivity index (χ3v) is 3.60. The number of carbonyl (C=O) groups excluding carboxylic acids is 1. The maximum Gasteiger partial charge on any atom is 0.453 e. The largest absolute Gasteiger partial charge is 0.483 e. The quantitative estimate of drug-likeness (QED) is 0.909. The zero-order valence-corrected chi connectivity index (χ0v) is 12.9. The van der Waals surface area contributed by atoms with Gasteiger partial charge in [-0.15, -0.1) is 0 Å². The minimum Gasteiger partial charge on any atom is -0.483 e. The first-order valence-corrected chi connectivity index (χ1v) is 7.31. The number of anilines is 1. The van der Waals surface area contributed by atoms with Crippen molar-refractivity contribution in [2.75, 3.05) is 18.5 Å². The number of alkyl halides is 3. The number of rotatable bonds is 4. The molecule has 7 heteroatoms. The van der Waals surface area contributed by atoms with Crippen molar-refractivity contribution in [2.45, 2.75) is 32.4 Å². The van der Waals surface area contributed by atoms with Crippen LogP contribution in [0.1, 0.15) is 31.7 Å². The Kier molecular flexibility index (Phi) is 5.18. The molecule has 0 radical (unpaired) electrons. The van der Waals surface area contributed by atoms with Crippen LogP contribution in [0.2, 0.25) is 0 Å². The zero-order valence-electron chi connectivity index (χ0n) is 12.9. The number of halogens is 3. The molecule has 1 amide bonds. The van der Waals surface area contributed by atoms with E-state index in [9.17, 15) is 18.0 Å². The highest BCUT2D eigenvalue weighted by Crippen LogP contribution is 2.32. The number of hydrogen-bond acceptors (Lipinski definition) is 3. The monoisotopic (exact) mass is 329 g/mol. The van der Waals surface area contributed by atoms with Crippen LogP contribution in [0.5, 0.6) is 0 Å². The number of amides is 1. The van der Waals surface area contributed by atoms with E-state index in [0.29, 0.717) is 11.6 Å². The molecule has 126 valence electrons. The minimum atomic E-state index is -4.77. The molecule has 1 heterocycles. The van der Waals surface area contributed by atoms with Crippen LogP contribution in [-0.4, -0.2) is 25.3 Å². The molecule has 0 saturated carbocycles. The van der Waals surface area contributed by atoms with E-state index in [1.165, 1.54) is 0 Å². The van der Waals surface area contributed by atoms with Crippen LogP contribution < -0.4 is 5.32 Å². The average molecular weight is 329 g/mol. The molecule has 2 rings (SSSR count). The summed E-state index contributed by atoms with van der Waals surface area (Å²) in [7, 11) is 0. The minimum absolute atomic E-state index is 0.102. The highest BCUT2D eigenvalue weighted by molar-refractivity contribution is 6.02. The molecule has 1 aliphatic rings. The first kappa shape index (κ1) is 17.2. The maximum atomic E-state index is 12.8. The molecule has 1 aromatic carbocycles. The van der Waals surface area contributed by atoms with E-state index in [1.54, 1.807) is 12.1 Å². The fourth-order valence-corrected chi connectivity index (χ4v) is 2.12. The Morgan fingerprint density at radius 1 is 1.22 bits per heavy atom. The molecule has 1 N–H and O–H groups in total. The summed E-state index contributed by atoms with van der Waals surface area (Å²) in [6, 6.07) is 6.97. The second-order valence-electron chi connectivity index (χ2n) is 5.24. The molecular weight excluding hydrogens is 311 g/mol. The van der Waals surface area contributed by atoms with Crippen molar-refractivity contribution in [3.05, 3.63) is 41.3 Å². The van der Waals surface area contributed by atoms with E-state index >= 15 is 0 Å². The smallest absolute Gasteiger partial charge is 0.453 e. The van der Waals surface area contributed by atoms with Gasteiger partial charge in [0, 0.05) is 5.69 Å². The lowest BCUT2D eigenvalue weighted by atomic mass is 9.99. The van der Waals surface area contributed by atoms with E-state index in [-0.39, 0.29) is 13.2 Å². The second kappa shape index (κ2) is 6.93. The highest BCUT2D eigenvalue weighted by Gasteiger charge is 2.43. The molecule has 1 aliphatic heterocycles. The molecule has 0 aromatic heterocycles. The Hall–Kier alpha value is -2.18. The zero-order chi connectivity index (χ0) is 17.0. The van der Waals surface area contributed by atoms with Crippen molar-refractivity contribution >= 4 is 11.6 Å². The summed E-state index contributed by atoms with van der Waals surface area (Å²) >= 11 is 0. The fraction of sp³-hybridized carbons (Fsp3) is 0.438. The lowest BCUT2D eigenvalue weighted by molar-refractivity contribution is -0.151. The first-order chi connectivity index (χ1) is 10.8. The van der Waals surface area contributed by atoms with Crippen LogP contribution in [0, 0.1) is 0 Å². The Morgan fingerprint density at radius 2 is 1.83 bits per heavy atom. The number of nitrogens with one attached hydrogen (secondary N) is 1. The highest BCUT2D eigenvalue weighted by atomic mass is 19.4. The van der Waals surface area contributed by atoms with E-state index < -0.39 is 23.6 Å². The summed E-state index contributed by atoms with van der Waals surface area (Å²) in [5.41, 5.74) is 1.49. The van der Waals surface area contributed by atoms with Crippen molar-refractivity contribution in [3.8, 4) is 0 Å². The van der Waals surface area contributed by atoms with Gasteiger partial charge in [-0.2, -0.15) is 13.2 Å². The van der Waals surface area contributed by atoms with E-state index in [1.807, 2.05) is 12.1 Å². The molecule has 0 aliphatic carbocycles. The van der Waals surface area contributed by atoms with Gasteiger partial charge in [-0.1, -0.05) is 26.0 Å². The average Bonchev–Trinajstić information content (AvgIpc) is 2.54. The van der Waals surface area contributed by atoms with Gasteiger partial charge in [0.2, 0.25) is 11.5 Å². The van der Waals surface area contributed by atoms with Gasteiger partial charge in [0.25, 0.3) is 5.91 Å². The summed E-state index contributed by atoms with van der Waals surface area (Å²) in [5, 5.41) is 2.40. The Balaban J connectivity index is 2.16. The Bertz CT molecular complexity index is 594. The van der Waals surface area contributed by atoms with Gasteiger partial charge in [-0.3, -0.25) is 4.79 Å². The molecule has 0 spiro atoms. The topological polar surface area (TPSA) is 47.6 Å². The first-order valence-electron chi connectivity index (χ1n) is 7.31. The lowest BCUT2D eigenvalue weighted by Crippen LogP contribution is -2.30. The van der Waals surface area contributed by atoms with Crippen molar-refractivity contribution < 1.29 is 27.4 Å². The number of carbonyl (C=O) groups is 1. The van der Waals surface area contributed by atoms with Crippen molar-refractivity contribution in [2.24, 2.45) is 0 Å². The predicted molar refractivity (Wildman–Crippen MR) is 78.8 cm³/mol. The van der Waals surface area contributed by atoms with E-state index in [4.69, 9.17) is 4.74 Å². The van der Waals surface area contributed by atoms with Crippen molar-refractivity contribution in [1.82, 2.24) is 0 Å². The van der Waals surface area contributed by atoms with Gasteiger partial charge in [-0.25, -0.2) is 0 Å². The summed E-state index contributed by atoms with van der Waals surface area (Å²) in [4.78, 5) is 12.0. The van der Waals surface area contributed by atoms with Gasteiger partial charge in [-0.05, 0) is 30.0 Å². The van der Waals surface area contributed by atoms with Crippen LogP contribution >= 0.6 is 0 Å². The number of ether oxygens (including phenoxy) is 2. The van der Waals surface area contributed by atoms with Crippen molar-refractivity contribution in [1.29, 1.82) is 0 Å². The molecule has 4 nitrogen and oxygen atoms in total. The fourth-order valence-electron chi connectivity index (χ4n) is 2.12. The van der Waals surface area contributed by atoms with Crippen LogP contribution in [0.3, 0.4) is 0 Å². The SMILES string of the molecule is CCC(C)c1ccc(NC(=O)C2=C(C(F)(F)F)OCCO2)cc1. The molecule has 0 bridgehead atoms. The van der Waals surface area contributed by atoms with Crippen LogP contribution in [-0.2, 0) is 14.3 Å². The molecule has 1 unspecified atom stereocenters. The molecule has 1 atom stereocenters. The Labute approximate surface area is 132 Å². The number of benzene rings is 1. The summed E-state index contributed by atoms with van der Waals surface area (Å²) in [6.07, 6.45) is -3.80. The Morgan fingerprint density at radius 3 is 2.39 bits per heavy atom. The van der Waals surface area contributed by atoms with Crippen LogP contribution in [0.15, 0.2) is 35.8 Å². The lowest BCUT2D eigenvalue weighted by Gasteiger charge is -2.22. The number of allylic oxidation sites excluding steroid dienone is 1. The van der Waals surface area contributed by atoms with Gasteiger partial charge >= 0.3 is 6.18 Å². The normalized spacial score (nSPS) is 16.4. The standard InChI is InChI=1S/C16H18F3NO3/c1-3-10(2)11-4-6-12(7-5-11)20-15(21)13-14(16(17,18)19)23-9-8-22-13/h4-7,10H,3,8-9H2,1-2H3,(H,20,21). The molecule has 1 aromatic rings. The van der Waals surface area contributed by atoms with Crippen LogP contribution in [0.4, 0.5) is 18.9 Å². The van der Waals surface area contributed by atoms with E-state index in [2.05, 4.69) is 23.9 Å². The van der Waals surface area contributed by atoms with E-state index in [0.717, 1.165) is 12.0 Å². The van der Waals surface area contributed by atoms with Crippen molar-refractivity contribution in [3.63, 3.8) is 0 Å². The summed E-state index contributed by atoms with van der Waals surface area (Å²) in [5.74, 6) is -2.84. The van der Waals surface area contributed by atoms with Gasteiger partial charge in [0.1, 0.15) is 13.2 Å². The summed E-state index contributed by atoms with van der Waals surface area (Å²) in [6.45, 7) is 3.79. The molecule has 0 fully saturated rings. The number of hydrogen-bond donors (Lipinski definition) is 1. The summed E-state index contributed by atoms with van der Waals surface area (Å²) < 4.78 is 47.9. The van der Waals surface area contributed by atoms with Crippen LogP contribution in [0.25, 0.3) is 0 Å². The van der Waals surface area contributed by atoms with Gasteiger partial charge in [0.15, 0.2) is 0 Å². The third-order valence-electron chi connectivity index (χ3n) is 3.60. The molecular formula is C16H18F3NO3. The third kappa shape index (κ3) is 4.18. The second-order valence-corrected chi connectivity index (χ2v) is 5.24. The molecule has 23 heavy (non-hydrogen) atoms. The molecule has 0 saturated heterocycles. The van der Waals surface area contributed by atoms with Gasteiger partial charge < -0.3 is 14.8 Å². The van der Waals surface area contributed by atoms with Gasteiger partial charge in [0.05, 0.1) is 0 Å². The maximum absolute atomic E-state index is 12.8.